The molecule has 0 radical (unpaired) electrons. The van der Waals surface area contributed by atoms with Crippen LogP contribution in [0.3, 0.4) is 0 Å². The molecule has 5 nitrogen and oxygen atoms in total. The predicted molar refractivity (Wildman–Crippen MR) is 67.7 cm³/mol. The molecular weight excluding hydrogens is 266 g/mol. The number of aromatic carboxylic acids is 1. The lowest BCUT2D eigenvalue weighted by Crippen LogP contribution is -2.30. The summed E-state index contributed by atoms with van der Waals surface area (Å²) >= 11 is 1.11. The van der Waals surface area contributed by atoms with Gasteiger partial charge in [-0.1, -0.05) is 6.42 Å². The fourth-order valence-electron chi connectivity index (χ4n) is 2.95. The van der Waals surface area contributed by atoms with Gasteiger partial charge in [-0.2, -0.15) is 0 Å². The first-order valence-electron chi connectivity index (χ1n) is 6.25. The van der Waals surface area contributed by atoms with E-state index in [0.717, 1.165) is 35.5 Å². The van der Waals surface area contributed by atoms with Crippen molar-refractivity contribution < 1.29 is 19.5 Å². The zero-order chi connectivity index (χ0) is 13.6. The van der Waals surface area contributed by atoms with Gasteiger partial charge in [0.25, 0.3) is 0 Å². The molecule has 100 valence electrons. The van der Waals surface area contributed by atoms with Gasteiger partial charge in [-0.15, -0.1) is 11.3 Å². The second kappa shape index (κ2) is 4.45. The summed E-state index contributed by atoms with van der Waals surface area (Å²) in [4.78, 5) is 37.3. The molecule has 1 aromatic heterocycles. The summed E-state index contributed by atoms with van der Waals surface area (Å²) in [5.74, 6) is -1.42. The van der Waals surface area contributed by atoms with Crippen molar-refractivity contribution in [3.05, 3.63) is 21.9 Å². The third kappa shape index (κ3) is 1.96. The van der Waals surface area contributed by atoms with Crippen LogP contribution < -0.4 is 0 Å². The van der Waals surface area contributed by atoms with E-state index in [1.165, 1.54) is 11.0 Å². The van der Waals surface area contributed by atoms with Gasteiger partial charge in [-0.25, -0.2) is 4.79 Å². The van der Waals surface area contributed by atoms with E-state index in [1.54, 1.807) is 6.07 Å². The Morgan fingerprint density at radius 3 is 2.42 bits per heavy atom. The van der Waals surface area contributed by atoms with Gasteiger partial charge < -0.3 is 5.11 Å². The number of amides is 2. The summed E-state index contributed by atoms with van der Waals surface area (Å²) in [6, 6.07) is 3.18. The van der Waals surface area contributed by atoms with Gasteiger partial charge in [0.1, 0.15) is 4.88 Å². The molecule has 1 aliphatic carbocycles. The van der Waals surface area contributed by atoms with Crippen LogP contribution in [0.2, 0.25) is 0 Å². The standard InChI is InChI=1S/C13H13NO4S/c15-11-8-2-1-3-9(8)12(16)14(11)6-7-4-5-10(19-7)13(17)18/h4-5,8-9H,1-3,6H2,(H,17,18). The van der Waals surface area contributed by atoms with E-state index < -0.39 is 5.97 Å². The molecule has 0 bridgehead atoms. The van der Waals surface area contributed by atoms with Crippen LogP contribution in [0.5, 0.6) is 0 Å². The molecule has 2 amide bonds. The first-order valence-corrected chi connectivity index (χ1v) is 7.07. The monoisotopic (exact) mass is 279 g/mol. The highest BCUT2D eigenvalue weighted by molar-refractivity contribution is 7.13. The molecule has 2 atom stereocenters. The second-order valence-electron chi connectivity index (χ2n) is 4.98. The Morgan fingerprint density at radius 2 is 1.89 bits per heavy atom. The van der Waals surface area contributed by atoms with E-state index in [2.05, 4.69) is 0 Å². The average molecular weight is 279 g/mol. The first-order chi connectivity index (χ1) is 9.08. The number of carbonyl (C=O) groups is 3. The van der Waals surface area contributed by atoms with Gasteiger partial charge in [0.05, 0.1) is 18.4 Å². The number of hydrogen-bond donors (Lipinski definition) is 1. The molecular formula is C13H13NO4S. The maximum absolute atomic E-state index is 12.1. The molecule has 1 aromatic rings. The Hall–Kier alpha value is -1.69. The van der Waals surface area contributed by atoms with Crippen LogP contribution in [0.4, 0.5) is 0 Å². The largest absolute Gasteiger partial charge is 0.477 e. The molecule has 2 fully saturated rings. The minimum Gasteiger partial charge on any atom is -0.477 e. The number of carboxylic acids is 1. The van der Waals surface area contributed by atoms with Gasteiger partial charge in [-0.3, -0.25) is 14.5 Å². The summed E-state index contributed by atoms with van der Waals surface area (Å²) in [6.07, 6.45) is 2.55. The fraction of sp³-hybridized carbons (Fsp3) is 0.462. The minimum atomic E-state index is -0.979. The molecule has 19 heavy (non-hydrogen) atoms. The van der Waals surface area contributed by atoms with Crippen LogP contribution in [-0.4, -0.2) is 27.8 Å². The number of nitrogens with zero attached hydrogens (tertiary/aromatic N) is 1. The number of carbonyl (C=O) groups excluding carboxylic acids is 2. The number of rotatable bonds is 3. The molecule has 1 saturated carbocycles. The molecule has 2 unspecified atom stereocenters. The number of fused-ring (bicyclic) bond motifs is 1. The smallest absolute Gasteiger partial charge is 0.345 e. The van der Waals surface area contributed by atoms with Crippen molar-refractivity contribution >= 4 is 29.1 Å². The summed E-state index contributed by atoms with van der Waals surface area (Å²) in [7, 11) is 0. The number of thiophene rings is 1. The molecule has 1 saturated heterocycles. The van der Waals surface area contributed by atoms with Gasteiger partial charge >= 0.3 is 5.97 Å². The lowest BCUT2D eigenvalue weighted by molar-refractivity contribution is -0.140. The van der Waals surface area contributed by atoms with Gasteiger partial charge in [-0.05, 0) is 25.0 Å². The minimum absolute atomic E-state index is 0.0854. The Labute approximate surface area is 113 Å². The molecule has 2 aliphatic rings. The van der Waals surface area contributed by atoms with E-state index in [4.69, 9.17) is 5.11 Å². The molecule has 2 heterocycles. The number of hydrogen-bond acceptors (Lipinski definition) is 4. The summed E-state index contributed by atoms with van der Waals surface area (Å²) < 4.78 is 0. The van der Waals surface area contributed by atoms with Crippen LogP contribution in [0, 0.1) is 11.8 Å². The summed E-state index contributed by atoms with van der Waals surface area (Å²) in [5, 5.41) is 8.86. The van der Waals surface area contributed by atoms with E-state index in [-0.39, 0.29) is 35.1 Å². The van der Waals surface area contributed by atoms with Crippen LogP contribution in [0.25, 0.3) is 0 Å². The van der Waals surface area contributed by atoms with E-state index in [1.807, 2.05) is 0 Å². The van der Waals surface area contributed by atoms with Crippen molar-refractivity contribution in [2.45, 2.75) is 25.8 Å². The Balaban J connectivity index is 1.78. The summed E-state index contributed by atoms with van der Waals surface area (Å²) in [5.41, 5.74) is 0. The van der Waals surface area contributed by atoms with Crippen molar-refractivity contribution in [3.63, 3.8) is 0 Å². The van der Waals surface area contributed by atoms with Crippen LogP contribution in [0.1, 0.15) is 33.8 Å². The fourth-order valence-corrected chi connectivity index (χ4v) is 3.79. The number of carboxylic acid groups (broad SMARTS) is 1. The maximum atomic E-state index is 12.1. The molecule has 6 heteroatoms. The highest BCUT2D eigenvalue weighted by Crippen LogP contribution is 2.40. The van der Waals surface area contributed by atoms with Crippen molar-refractivity contribution in [1.82, 2.24) is 4.90 Å². The number of likely N-dealkylation sites (tertiary alicyclic amines) is 1. The molecule has 1 aliphatic heterocycles. The van der Waals surface area contributed by atoms with Crippen LogP contribution >= 0.6 is 11.3 Å². The average Bonchev–Trinajstić information content (AvgIpc) is 3.06. The maximum Gasteiger partial charge on any atom is 0.345 e. The van der Waals surface area contributed by atoms with Gasteiger partial charge in [0.15, 0.2) is 0 Å². The van der Waals surface area contributed by atoms with Crippen LogP contribution in [-0.2, 0) is 16.1 Å². The third-order valence-electron chi connectivity index (χ3n) is 3.87. The van der Waals surface area contributed by atoms with E-state index >= 15 is 0 Å². The van der Waals surface area contributed by atoms with Crippen LogP contribution in [0.15, 0.2) is 12.1 Å². The molecule has 0 spiro atoms. The Bertz CT molecular complexity index is 543. The first kappa shape index (κ1) is 12.3. The van der Waals surface area contributed by atoms with Crippen molar-refractivity contribution in [1.29, 1.82) is 0 Å². The lowest BCUT2D eigenvalue weighted by Gasteiger charge is -2.14. The number of imide groups is 1. The summed E-state index contributed by atoms with van der Waals surface area (Å²) in [6.45, 7) is 0.211. The third-order valence-corrected chi connectivity index (χ3v) is 4.93. The SMILES string of the molecule is O=C(O)c1ccc(CN2C(=O)C3CCCC3C2=O)s1. The molecule has 1 N–H and O–H groups in total. The Kier molecular flexibility index (Phi) is 2.89. The zero-order valence-electron chi connectivity index (χ0n) is 10.2. The van der Waals surface area contributed by atoms with Crippen molar-refractivity contribution in [3.8, 4) is 0 Å². The molecule has 0 aromatic carbocycles. The lowest BCUT2D eigenvalue weighted by atomic mass is 10.00. The van der Waals surface area contributed by atoms with Crippen molar-refractivity contribution in [2.75, 3.05) is 0 Å². The quantitative estimate of drug-likeness (QED) is 0.855. The van der Waals surface area contributed by atoms with Crippen molar-refractivity contribution in [2.24, 2.45) is 11.8 Å². The zero-order valence-corrected chi connectivity index (χ0v) is 11.0. The Morgan fingerprint density at radius 1 is 1.26 bits per heavy atom. The topological polar surface area (TPSA) is 74.7 Å². The highest BCUT2D eigenvalue weighted by Gasteiger charge is 2.49. The van der Waals surface area contributed by atoms with Gasteiger partial charge in [0, 0.05) is 4.88 Å². The second-order valence-corrected chi connectivity index (χ2v) is 6.15. The van der Waals surface area contributed by atoms with E-state index in [0.29, 0.717) is 0 Å². The normalized spacial score (nSPS) is 26.0. The van der Waals surface area contributed by atoms with Gasteiger partial charge in [0.2, 0.25) is 11.8 Å². The molecule has 3 rings (SSSR count). The van der Waals surface area contributed by atoms with E-state index in [9.17, 15) is 14.4 Å². The predicted octanol–water partition coefficient (Wildman–Crippen LogP) is 1.73. The highest BCUT2D eigenvalue weighted by atomic mass is 32.1.